The molecule has 2 aromatic carbocycles. The first-order valence-electron chi connectivity index (χ1n) is 10.5. The molecule has 0 aromatic heterocycles. The van der Waals surface area contributed by atoms with Gasteiger partial charge in [0.15, 0.2) is 11.5 Å². The summed E-state index contributed by atoms with van der Waals surface area (Å²) in [6.07, 6.45) is 3.08. The third-order valence-corrected chi connectivity index (χ3v) is 5.03. The van der Waals surface area contributed by atoms with Crippen molar-refractivity contribution in [3.05, 3.63) is 59.7 Å². The van der Waals surface area contributed by atoms with Crippen LogP contribution >= 0.6 is 0 Å². The van der Waals surface area contributed by atoms with Gasteiger partial charge in [0, 0.05) is 38.4 Å². The summed E-state index contributed by atoms with van der Waals surface area (Å²) in [7, 11) is 1.74. The minimum absolute atomic E-state index is 0.0397. The molecule has 1 saturated heterocycles. The van der Waals surface area contributed by atoms with Crippen molar-refractivity contribution < 1.29 is 27.8 Å². The molecule has 6 nitrogen and oxygen atoms in total. The molecule has 0 spiro atoms. The van der Waals surface area contributed by atoms with Gasteiger partial charge in [-0.15, -0.1) is 0 Å². The predicted octanol–water partition coefficient (Wildman–Crippen LogP) is 4.20. The molecular formula is C24H28F2N2O4. The second-order valence-corrected chi connectivity index (χ2v) is 7.27. The Morgan fingerprint density at radius 2 is 1.94 bits per heavy atom. The smallest absolute Gasteiger partial charge is 0.387 e. The molecule has 0 aliphatic carbocycles. The minimum atomic E-state index is -2.94. The van der Waals surface area contributed by atoms with E-state index < -0.39 is 6.61 Å². The molecule has 1 heterocycles. The highest BCUT2D eigenvalue weighted by molar-refractivity contribution is 5.91. The van der Waals surface area contributed by atoms with Gasteiger partial charge in [-0.3, -0.25) is 4.79 Å². The van der Waals surface area contributed by atoms with Crippen LogP contribution in [0.5, 0.6) is 11.5 Å². The average Bonchev–Trinajstić information content (AvgIpc) is 2.79. The van der Waals surface area contributed by atoms with E-state index in [1.807, 2.05) is 18.2 Å². The molecule has 3 rings (SSSR count). The molecule has 0 unspecified atom stereocenters. The van der Waals surface area contributed by atoms with Gasteiger partial charge in [0.25, 0.3) is 0 Å². The van der Waals surface area contributed by atoms with Crippen LogP contribution in [0.1, 0.15) is 18.1 Å². The Kier molecular flexibility index (Phi) is 8.44. The van der Waals surface area contributed by atoms with Gasteiger partial charge in [0.2, 0.25) is 5.91 Å². The number of hydrogen-bond acceptors (Lipinski definition) is 5. The first-order chi connectivity index (χ1) is 15.5. The number of likely N-dealkylation sites (N-methyl/N-ethyl adjacent to an activating group) is 1. The normalized spacial score (nSPS) is 14.1. The number of amides is 1. The van der Waals surface area contributed by atoms with Crippen LogP contribution < -0.4 is 14.4 Å². The maximum Gasteiger partial charge on any atom is 0.387 e. The molecule has 2 aromatic rings. The number of alkyl halides is 2. The summed E-state index contributed by atoms with van der Waals surface area (Å²) < 4.78 is 40.4. The van der Waals surface area contributed by atoms with Crippen LogP contribution in [0.4, 0.5) is 14.5 Å². The van der Waals surface area contributed by atoms with Crippen molar-refractivity contribution in [3.63, 3.8) is 0 Å². The number of carbonyl (C=O) groups excluding carboxylic acids is 1. The molecule has 1 amide bonds. The van der Waals surface area contributed by atoms with E-state index in [-0.39, 0.29) is 17.4 Å². The van der Waals surface area contributed by atoms with E-state index in [2.05, 4.69) is 15.7 Å². The predicted molar refractivity (Wildman–Crippen MR) is 119 cm³/mol. The molecule has 1 fully saturated rings. The van der Waals surface area contributed by atoms with E-state index in [4.69, 9.17) is 9.47 Å². The maximum atomic E-state index is 12.7. The maximum absolute atomic E-state index is 12.7. The van der Waals surface area contributed by atoms with Crippen LogP contribution in [-0.2, 0) is 16.1 Å². The van der Waals surface area contributed by atoms with Gasteiger partial charge in [0.1, 0.15) is 0 Å². The van der Waals surface area contributed by atoms with Crippen molar-refractivity contribution in [2.45, 2.75) is 20.1 Å². The molecule has 0 radical (unpaired) electrons. The van der Waals surface area contributed by atoms with Gasteiger partial charge in [-0.05, 0) is 42.3 Å². The van der Waals surface area contributed by atoms with Crippen molar-refractivity contribution in [1.29, 1.82) is 0 Å². The monoisotopic (exact) mass is 446 g/mol. The number of halogens is 2. The number of rotatable bonds is 9. The van der Waals surface area contributed by atoms with Crippen LogP contribution in [-0.4, -0.2) is 57.4 Å². The van der Waals surface area contributed by atoms with Crippen molar-refractivity contribution in [2.75, 3.05) is 44.9 Å². The van der Waals surface area contributed by atoms with Crippen molar-refractivity contribution in [1.82, 2.24) is 4.90 Å². The second kappa shape index (κ2) is 11.5. The van der Waals surface area contributed by atoms with Crippen LogP contribution in [0.15, 0.2) is 48.5 Å². The molecule has 8 heteroatoms. The molecule has 0 N–H and O–H groups in total. The van der Waals surface area contributed by atoms with Crippen molar-refractivity contribution >= 4 is 17.7 Å². The molecule has 0 atom stereocenters. The molecular weight excluding hydrogens is 418 g/mol. The Morgan fingerprint density at radius 1 is 1.19 bits per heavy atom. The Balaban J connectivity index is 1.68. The number of benzene rings is 2. The standard InChI is InChI=1S/C24H28F2N2O4/c1-3-31-22-16-18(8-10-21(22)32-24(25)26)9-11-23(29)27(2)17-19-6-4-5-7-20(19)28-12-14-30-15-13-28/h4-11,16,24H,3,12-15,17H2,1-2H3/b11-9+. The Hall–Kier alpha value is -3.13. The lowest BCUT2D eigenvalue weighted by atomic mass is 10.1. The van der Waals surface area contributed by atoms with Crippen LogP contribution in [0, 0.1) is 0 Å². The fraction of sp³-hybridized carbons (Fsp3) is 0.375. The highest BCUT2D eigenvalue weighted by Crippen LogP contribution is 2.30. The number of para-hydroxylation sites is 1. The summed E-state index contributed by atoms with van der Waals surface area (Å²) in [4.78, 5) is 16.6. The van der Waals surface area contributed by atoms with Crippen molar-refractivity contribution in [3.8, 4) is 11.5 Å². The molecule has 0 bridgehead atoms. The summed E-state index contributed by atoms with van der Waals surface area (Å²) in [6.45, 7) is 2.60. The molecule has 172 valence electrons. The largest absolute Gasteiger partial charge is 0.490 e. The van der Waals surface area contributed by atoms with Gasteiger partial charge < -0.3 is 24.0 Å². The van der Waals surface area contributed by atoms with Gasteiger partial charge in [-0.2, -0.15) is 8.78 Å². The fourth-order valence-electron chi connectivity index (χ4n) is 3.48. The van der Waals surface area contributed by atoms with E-state index in [1.165, 1.54) is 12.1 Å². The average molecular weight is 446 g/mol. The summed E-state index contributed by atoms with van der Waals surface area (Å²) in [5.41, 5.74) is 2.81. The van der Waals surface area contributed by atoms with Crippen LogP contribution in [0.25, 0.3) is 6.08 Å². The van der Waals surface area contributed by atoms with Gasteiger partial charge >= 0.3 is 6.61 Å². The lowest BCUT2D eigenvalue weighted by Crippen LogP contribution is -2.37. The summed E-state index contributed by atoms with van der Waals surface area (Å²) in [6, 6.07) is 12.6. The number of morpholine rings is 1. The zero-order valence-corrected chi connectivity index (χ0v) is 18.3. The van der Waals surface area contributed by atoms with Gasteiger partial charge in [-0.25, -0.2) is 0 Å². The highest BCUT2D eigenvalue weighted by Gasteiger charge is 2.16. The van der Waals surface area contributed by atoms with E-state index >= 15 is 0 Å². The van der Waals surface area contributed by atoms with E-state index in [0.717, 1.165) is 24.3 Å². The fourth-order valence-corrected chi connectivity index (χ4v) is 3.48. The Labute approximate surface area is 187 Å². The highest BCUT2D eigenvalue weighted by atomic mass is 19.3. The van der Waals surface area contributed by atoms with E-state index in [9.17, 15) is 13.6 Å². The minimum Gasteiger partial charge on any atom is -0.490 e. The number of nitrogens with zero attached hydrogens (tertiary/aromatic N) is 2. The van der Waals surface area contributed by atoms with Crippen LogP contribution in [0.3, 0.4) is 0 Å². The zero-order chi connectivity index (χ0) is 22.9. The summed E-state index contributed by atoms with van der Waals surface area (Å²) in [5.74, 6) is -0.00926. The molecule has 32 heavy (non-hydrogen) atoms. The molecule has 1 aliphatic rings. The number of ether oxygens (including phenoxy) is 3. The molecule has 1 aliphatic heterocycles. The van der Waals surface area contributed by atoms with Gasteiger partial charge in [0.05, 0.1) is 19.8 Å². The number of carbonyl (C=O) groups is 1. The number of hydrogen-bond donors (Lipinski definition) is 0. The summed E-state index contributed by atoms with van der Waals surface area (Å²) in [5, 5.41) is 0. The molecule has 0 saturated carbocycles. The van der Waals surface area contributed by atoms with E-state index in [0.29, 0.717) is 31.9 Å². The number of anilines is 1. The third kappa shape index (κ3) is 6.43. The lowest BCUT2D eigenvalue weighted by Gasteiger charge is -2.31. The van der Waals surface area contributed by atoms with Crippen molar-refractivity contribution in [2.24, 2.45) is 0 Å². The topological polar surface area (TPSA) is 51.2 Å². The quantitative estimate of drug-likeness (QED) is 0.541. The first-order valence-corrected chi connectivity index (χ1v) is 10.5. The lowest BCUT2D eigenvalue weighted by molar-refractivity contribution is -0.125. The van der Waals surface area contributed by atoms with Crippen LogP contribution in [0.2, 0.25) is 0 Å². The summed E-state index contributed by atoms with van der Waals surface area (Å²) >= 11 is 0. The first kappa shape index (κ1) is 23.5. The Bertz CT molecular complexity index is 930. The zero-order valence-electron chi connectivity index (χ0n) is 18.3. The van der Waals surface area contributed by atoms with E-state index in [1.54, 1.807) is 37.1 Å². The SMILES string of the molecule is CCOc1cc(/C=C/C(=O)N(C)Cc2ccccc2N2CCOCC2)ccc1OC(F)F. The van der Waals surface area contributed by atoms with Gasteiger partial charge in [-0.1, -0.05) is 24.3 Å². The third-order valence-electron chi connectivity index (χ3n) is 5.03. The second-order valence-electron chi connectivity index (χ2n) is 7.27. The Morgan fingerprint density at radius 3 is 2.66 bits per heavy atom.